The highest BCUT2D eigenvalue weighted by molar-refractivity contribution is 7.92. The molecule has 29 heteroatoms. The molecule has 0 saturated carbocycles. The topological polar surface area (TPSA) is 241 Å². The van der Waals surface area contributed by atoms with Gasteiger partial charge in [-0.15, -0.1) is 22.7 Å². The van der Waals surface area contributed by atoms with E-state index in [2.05, 4.69) is 20.3 Å². The standard InChI is InChI=1S/C36H26F2N4O5S2.C25H29BFNO6S.C18H10ClFN2OS/c1-39-36(43)29-21-16-20(25(42(2)49(3,44)45)17-27(21)47-34(29)18-9-11-19(37)12-10-18)23-13-14-26-32(40-23)33-31(35(46-26)28-8-5-15-48-28)30-22(38)6-4-7-24(30)41-33;1-8-20(29)22-17-13-18(26-33-24(2,3)25(4,5)34-26)19(28(6)35(7,30)31)14-21(17)32-23(22)15-9-11-16(27)12-10-15;19-13-7-6-11-16(22-13)17-15(18(23-11)12-5-2-8-24-12)14-9(20)3-1-4-10(14)21-17/h4-17,35,41H,1-3H3,(H,39,43);9-14H,8H2,1-7H3;1-8,18,21H. The number of hydrogen-bond acceptors (Lipinski definition) is 16. The highest BCUT2D eigenvalue weighted by Crippen LogP contribution is 2.52. The Balaban J connectivity index is 0.000000137. The molecule has 2 unspecified atom stereocenters. The molecule has 17 rings (SSSR count). The Labute approximate surface area is 630 Å². The highest BCUT2D eigenvalue weighted by atomic mass is 35.5. The molecule has 1 saturated heterocycles. The number of sulfonamides is 2. The van der Waals surface area contributed by atoms with Crippen molar-refractivity contribution >= 4 is 134 Å². The number of pyridine rings is 2. The number of nitrogens with zero attached hydrogens (tertiary/aromatic N) is 4. The van der Waals surface area contributed by atoms with Gasteiger partial charge in [-0.1, -0.05) is 42.8 Å². The van der Waals surface area contributed by atoms with E-state index in [1.807, 2.05) is 68.8 Å². The number of fused-ring (bicyclic) bond motifs is 12. The number of thiophene rings is 2. The van der Waals surface area contributed by atoms with Crippen LogP contribution in [0.5, 0.6) is 11.5 Å². The number of ether oxygens (including phenoxy) is 2. The average Bonchev–Trinajstić information content (AvgIpc) is 1.64. The molecule has 3 N–H and O–H groups in total. The van der Waals surface area contributed by atoms with E-state index in [1.54, 1.807) is 85.0 Å². The normalized spacial score (nSPS) is 15.5. The van der Waals surface area contributed by atoms with Crippen molar-refractivity contribution in [1.29, 1.82) is 0 Å². The first-order valence-electron chi connectivity index (χ1n) is 33.8. The number of furan rings is 2. The fraction of sp³-hybridized carbons (Fsp3) is 0.190. The van der Waals surface area contributed by atoms with Gasteiger partial charge in [0.1, 0.15) is 74.0 Å². The first-order valence-corrected chi connectivity index (χ1v) is 39.7. The van der Waals surface area contributed by atoms with E-state index >= 15 is 4.39 Å². The monoisotopic (exact) mass is 1550 g/mol. The summed E-state index contributed by atoms with van der Waals surface area (Å²) in [6.45, 7) is 9.37. The molecule has 8 aromatic heterocycles. The smallest absolute Gasteiger partial charge is 0.478 e. The summed E-state index contributed by atoms with van der Waals surface area (Å²) in [7, 11) is -3.97. The maximum atomic E-state index is 15.4. The van der Waals surface area contributed by atoms with E-state index in [-0.39, 0.29) is 46.7 Å². The summed E-state index contributed by atoms with van der Waals surface area (Å²) < 4.78 is 148. The third-order valence-corrected chi connectivity index (χ3v) is 24.2. The lowest BCUT2D eigenvalue weighted by Crippen LogP contribution is -2.41. The van der Waals surface area contributed by atoms with Crippen molar-refractivity contribution in [3.05, 3.63) is 229 Å². The quantitative estimate of drug-likeness (QED) is 0.0421. The van der Waals surface area contributed by atoms with Crippen molar-refractivity contribution in [3.63, 3.8) is 0 Å². The van der Waals surface area contributed by atoms with Gasteiger partial charge in [0.15, 0.2) is 18.0 Å². The minimum atomic E-state index is -3.79. The predicted octanol–water partition coefficient (Wildman–Crippen LogP) is 18.0. The number of rotatable bonds is 13. The Bertz CT molecular complexity index is 6170. The van der Waals surface area contributed by atoms with Crippen molar-refractivity contribution in [1.82, 2.24) is 25.3 Å². The van der Waals surface area contributed by atoms with Crippen LogP contribution in [0.25, 0.3) is 100 Å². The third kappa shape index (κ3) is 12.9. The number of ketones is 1. The van der Waals surface area contributed by atoms with Crippen LogP contribution >= 0.6 is 34.3 Å². The summed E-state index contributed by atoms with van der Waals surface area (Å²) in [6.07, 6.45) is 1.44. The molecule has 14 aromatic rings. The largest absolute Gasteiger partial charge is 0.497 e. The van der Waals surface area contributed by atoms with Crippen molar-refractivity contribution in [2.45, 2.75) is 64.4 Å². The van der Waals surface area contributed by atoms with E-state index in [9.17, 15) is 39.6 Å². The van der Waals surface area contributed by atoms with Crippen molar-refractivity contribution in [3.8, 4) is 68.2 Å². The maximum Gasteiger partial charge on any atom is 0.497 e. The zero-order valence-corrected chi connectivity index (χ0v) is 63.3. The van der Waals surface area contributed by atoms with Crippen LogP contribution in [0, 0.1) is 23.3 Å². The van der Waals surface area contributed by atoms with E-state index in [0.29, 0.717) is 117 Å². The molecule has 3 aliphatic rings. The van der Waals surface area contributed by atoms with Gasteiger partial charge < -0.3 is 42.9 Å². The summed E-state index contributed by atoms with van der Waals surface area (Å²) in [5.41, 5.74) is 7.56. The Morgan fingerprint density at radius 1 is 0.602 bits per heavy atom. The molecule has 0 bridgehead atoms. The summed E-state index contributed by atoms with van der Waals surface area (Å²) in [6, 6.07) is 42.2. The molecule has 11 heterocycles. The minimum Gasteiger partial charge on any atom is -0.478 e. The van der Waals surface area contributed by atoms with E-state index in [1.165, 1.54) is 93.1 Å². The number of amides is 1. The van der Waals surface area contributed by atoms with Gasteiger partial charge in [0.05, 0.1) is 63.3 Å². The number of halogens is 5. The van der Waals surface area contributed by atoms with Crippen LogP contribution in [0.1, 0.15) is 94.8 Å². The van der Waals surface area contributed by atoms with Crippen molar-refractivity contribution in [2.24, 2.45) is 0 Å². The number of Topliss-reactive ketones (excluding diaryl/α,β-unsaturated/α-hetero) is 1. The van der Waals surface area contributed by atoms with Gasteiger partial charge in [0.2, 0.25) is 20.0 Å². The molecular weight excluding hydrogens is 1490 g/mol. The molecule has 550 valence electrons. The Hall–Kier alpha value is -10.6. The lowest BCUT2D eigenvalue weighted by molar-refractivity contribution is 0.00578. The molecule has 1 fully saturated rings. The summed E-state index contributed by atoms with van der Waals surface area (Å²) in [5, 5.41) is 8.76. The van der Waals surface area contributed by atoms with Gasteiger partial charge in [-0.3, -0.25) is 18.2 Å². The van der Waals surface area contributed by atoms with Crippen LogP contribution in [0.3, 0.4) is 0 Å². The first-order chi connectivity index (χ1) is 51.4. The number of hydrogen-bond donors (Lipinski definition) is 3. The Kier molecular flexibility index (Phi) is 18.6. The fourth-order valence-electron chi connectivity index (χ4n) is 13.5. The molecular formula is C79H65BClF4N7O12S4. The van der Waals surface area contributed by atoms with Gasteiger partial charge in [-0.2, -0.15) is 0 Å². The zero-order valence-electron chi connectivity index (χ0n) is 59.3. The average molecular weight is 1550 g/mol. The van der Waals surface area contributed by atoms with Gasteiger partial charge >= 0.3 is 7.12 Å². The summed E-state index contributed by atoms with van der Waals surface area (Å²) in [5.74, 6) is -0.579. The van der Waals surface area contributed by atoms with Gasteiger partial charge in [0.25, 0.3) is 5.91 Å². The molecule has 2 atom stereocenters. The maximum absolute atomic E-state index is 15.4. The lowest BCUT2D eigenvalue weighted by Gasteiger charge is -2.32. The zero-order chi connectivity index (χ0) is 76.4. The van der Waals surface area contributed by atoms with Crippen LogP contribution in [-0.2, 0) is 29.4 Å². The number of aromatic amines is 2. The van der Waals surface area contributed by atoms with Crippen LogP contribution < -0.4 is 28.9 Å². The molecule has 108 heavy (non-hydrogen) atoms. The molecule has 19 nitrogen and oxygen atoms in total. The Morgan fingerprint density at radius 3 is 1.56 bits per heavy atom. The van der Waals surface area contributed by atoms with Crippen LogP contribution in [0.4, 0.5) is 28.9 Å². The van der Waals surface area contributed by atoms with Crippen molar-refractivity contribution in [2.75, 3.05) is 42.3 Å². The van der Waals surface area contributed by atoms with Gasteiger partial charge in [-0.25, -0.2) is 44.4 Å². The van der Waals surface area contributed by atoms with Crippen molar-refractivity contribution < 1.29 is 71.6 Å². The molecule has 0 radical (unpaired) electrons. The number of anilines is 2. The molecule has 0 spiro atoms. The van der Waals surface area contributed by atoms with Gasteiger partial charge in [0, 0.05) is 115 Å². The second-order valence-corrected chi connectivity index (χ2v) is 33.4. The summed E-state index contributed by atoms with van der Waals surface area (Å²) >= 11 is 9.13. The molecule has 1 amide bonds. The fourth-order valence-corrected chi connectivity index (χ4v) is 16.2. The second-order valence-electron chi connectivity index (χ2n) is 27.0. The number of carbonyl (C=O) groups is 2. The SMILES string of the molecule is CCC(=O)c1c(-c2ccc(F)cc2)oc2cc(N(C)S(C)(=O)=O)c(B3OC(C)(C)C(C)(C)O3)cc12.CNC(=O)c1c(-c2ccc(F)cc2)oc2cc(N(C)S(C)(=O)=O)c(-c3ccc4c(n3)-c3[nH]c5cccc(F)c5c3C(c3cccs3)O4)cc12.Fc1cccc2[nH]c3c(c12)C(c1cccs1)Oc1ccc(Cl)nc1-3. The van der Waals surface area contributed by atoms with Crippen LogP contribution in [0.2, 0.25) is 5.15 Å². The number of nitrogens with one attached hydrogen (secondary N) is 3. The second kappa shape index (κ2) is 27.6. The third-order valence-electron chi connectivity index (χ3n) is 19.8. The summed E-state index contributed by atoms with van der Waals surface area (Å²) in [4.78, 5) is 44.3. The van der Waals surface area contributed by atoms with Gasteiger partial charge in [-0.05, 0) is 160 Å². The number of H-pyrrole nitrogens is 2. The number of benzene rings is 6. The number of aromatic nitrogens is 4. The first kappa shape index (κ1) is 73.0. The molecule has 6 aromatic carbocycles. The van der Waals surface area contributed by atoms with Crippen LogP contribution in [-0.4, -0.2) is 100 Å². The lowest BCUT2D eigenvalue weighted by atomic mass is 9.76. The minimum absolute atomic E-state index is 0.160. The molecule has 3 aliphatic heterocycles. The van der Waals surface area contributed by atoms with E-state index in [4.69, 9.17) is 44.2 Å². The number of carbonyl (C=O) groups excluding carboxylic acids is 2. The van der Waals surface area contributed by atoms with Crippen LogP contribution in [0.15, 0.2) is 177 Å². The predicted molar refractivity (Wildman–Crippen MR) is 414 cm³/mol. The highest BCUT2D eigenvalue weighted by Gasteiger charge is 2.53. The van der Waals surface area contributed by atoms with E-state index in [0.717, 1.165) is 47.7 Å². The Morgan fingerprint density at radius 2 is 1.07 bits per heavy atom. The van der Waals surface area contributed by atoms with E-state index < -0.39 is 67.8 Å². The molecule has 0 aliphatic carbocycles.